The van der Waals surface area contributed by atoms with Crippen LogP contribution in [0.5, 0.6) is 5.88 Å². The van der Waals surface area contributed by atoms with Crippen molar-refractivity contribution in [2.75, 3.05) is 13.2 Å². The van der Waals surface area contributed by atoms with Gasteiger partial charge in [-0.05, 0) is 18.2 Å². The molecule has 22 heavy (non-hydrogen) atoms. The van der Waals surface area contributed by atoms with Crippen molar-refractivity contribution in [1.29, 1.82) is 0 Å². The van der Waals surface area contributed by atoms with E-state index in [4.69, 9.17) is 9.47 Å². The number of nitrogens with zero attached hydrogens (tertiary/aromatic N) is 4. The molecule has 0 unspecified atom stereocenters. The highest BCUT2D eigenvalue weighted by atomic mass is 16.5. The first-order valence-electron chi connectivity index (χ1n) is 7.39. The third-order valence-electron chi connectivity index (χ3n) is 3.81. The third-order valence-corrected chi connectivity index (χ3v) is 3.81. The molecule has 1 fully saturated rings. The second-order valence-electron chi connectivity index (χ2n) is 5.24. The minimum atomic E-state index is 0.163. The van der Waals surface area contributed by atoms with E-state index in [1.165, 1.54) is 0 Å². The summed E-state index contributed by atoms with van der Waals surface area (Å²) in [4.78, 5) is 8.42. The van der Waals surface area contributed by atoms with E-state index in [1.54, 1.807) is 24.8 Å². The molecule has 1 aliphatic heterocycles. The summed E-state index contributed by atoms with van der Waals surface area (Å²) in [6.07, 6.45) is 9.03. The molecule has 6 heteroatoms. The summed E-state index contributed by atoms with van der Waals surface area (Å²) >= 11 is 0. The van der Waals surface area contributed by atoms with Crippen molar-refractivity contribution in [3.05, 3.63) is 43.0 Å². The van der Waals surface area contributed by atoms with Crippen molar-refractivity contribution in [3.63, 3.8) is 0 Å². The SMILES string of the molecule is c1cc(-n2ncc3c(OC4CCOCC4)nccc32)ccn1. The van der Waals surface area contributed by atoms with Crippen LogP contribution >= 0.6 is 0 Å². The molecule has 0 N–H and O–H groups in total. The van der Waals surface area contributed by atoms with E-state index in [1.807, 2.05) is 22.9 Å². The fourth-order valence-corrected chi connectivity index (χ4v) is 2.66. The molecule has 0 aliphatic carbocycles. The van der Waals surface area contributed by atoms with Gasteiger partial charge < -0.3 is 9.47 Å². The summed E-state index contributed by atoms with van der Waals surface area (Å²) < 4.78 is 13.3. The second-order valence-corrected chi connectivity index (χ2v) is 5.24. The molecular weight excluding hydrogens is 280 g/mol. The maximum atomic E-state index is 6.06. The molecule has 0 aromatic carbocycles. The smallest absolute Gasteiger partial charge is 0.224 e. The highest BCUT2D eigenvalue weighted by molar-refractivity contribution is 5.84. The van der Waals surface area contributed by atoms with Crippen LogP contribution < -0.4 is 4.74 Å². The van der Waals surface area contributed by atoms with Crippen molar-refractivity contribution in [1.82, 2.24) is 19.7 Å². The van der Waals surface area contributed by atoms with Crippen LogP contribution in [0.1, 0.15) is 12.8 Å². The Morgan fingerprint density at radius 2 is 1.91 bits per heavy atom. The molecule has 0 spiro atoms. The summed E-state index contributed by atoms with van der Waals surface area (Å²) in [6, 6.07) is 5.79. The largest absolute Gasteiger partial charge is 0.474 e. The number of aromatic nitrogens is 4. The summed E-state index contributed by atoms with van der Waals surface area (Å²) in [6.45, 7) is 1.49. The van der Waals surface area contributed by atoms with Crippen LogP contribution in [-0.2, 0) is 4.74 Å². The van der Waals surface area contributed by atoms with E-state index in [0.29, 0.717) is 5.88 Å². The lowest BCUT2D eigenvalue weighted by Gasteiger charge is -2.22. The third kappa shape index (κ3) is 2.42. The molecule has 3 aromatic rings. The van der Waals surface area contributed by atoms with Gasteiger partial charge >= 0.3 is 0 Å². The van der Waals surface area contributed by atoms with Gasteiger partial charge in [-0.3, -0.25) is 4.98 Å². The van der Waals surface area contributed by atoms with Crippen LogP contribution in [0.15, 0.2) is 43.0 Å². The van der Waals surface area contributed by atoms with Gasteiger partial charge in [0.2, 0.25) is 5.88 Å². The zero-order valence-electron chi connectivity index (χ0n) is 12.1. The molecule has 0 saturated carbocycles. The van der Waals surface area contributed by atoms with E-state index >= 15 is 0 Å². The van der Waals surface area contributed by atoms with Crippen LogP contribution in [0.3, 0.4) is 0 Å². The maximum Gasteiger partial charge on any atom is 0.224 e. The normalized spacial score (nSPS) is 16.0. The molecule has 112 valence electrons. The number of pyridine rings is 2. The Kier molecular flexibility index (Phi) is 3.44. The van der Waals surface area contributed by atoms with Crippen molar-refractivity contribution < 1.29 is 9.47 Å². The molecular formula is C16H16N4O2. The van der Waals surface area contributed by atoms with Gasteiger partial charge in [-0.1, -0.05) is 0 Å². The number of fused-ring (bicyclic) bond motifs is 1. The zero-order chi connectivity index (χ0) is 14.8. The Morgan fingerprint density at radius 3 is 2.73 bits per heavy atom. The summed E-state index contributed by atoms with van der Waals surface area (Å²) in [7, 11) is 0. The molecule has 0 bridgehead atoms. The second kappa shape index (κ2) is 5.73. The van der Waals surface area contributed by atoms with Crippen LogP contribution in [-0.4, -0.2) is 39.1 Å². The Hall–Kier alpha value is -2.47. The van der Waals surface area contributed by atoms with E-state index in [0.717, 1.165) is 42.6 Å². The van der Waals surface area contributed by atoms with E-state index in [9.17, 15) is 0 Å². The van der Waals surface area contributed by atoms with Gasteiger partial charge in [0.25, 0.3) is 0 Å². The molecule has 0 radical (unpaired) electrons. The summed E-state index contributed by atoms with van der Waals surface area (Å²) in [5.41, 5.74) is 1.94. The predicted octanol–water partition coefficient (Wildman–Crippen LogP) is 2.37. The minimum absolute atomic E-state index is 0.163. The molecule has 4 rings (SSSR count). The summed E-state index contributed by atoms with van der Waals surface area (Å²) in [5.74, 6) is 0.643. The topological polar surface area (TPSA) is 62.1 Å². The average Bonchev–Trinajstić information content (AvgIpc) is 3.02. The van der Waals surface area contributed by atoms with Crippen molar-refractivity contribution >= 4 is 10.9 Å². The molecule has 6 nitrogen and oxygen atoms in total. The van der Waals surface area contributed by atoms with Crippen molar-refractivity contribution in [3.8, 4) is 11.6 Å². The van der Waals surface area contributed by atoms with Crippen LogP contribution in [0.4, 0.5) is 0 Å². The molecule has 4 heterocycles. The highest BCUT2D eigenvalue weighted by Gasteiger charge is 2.18. The molecule has 1 saturated heterocycles. The van der Waals surface area contributed by atoms with Gasteiger partial charge in [-0.15, -0.1) is 0 Å². The average molecular weight is 296 g/mol. The quantitative estimate of drug-likeness (QED) is 0.742. The zero-order valence-corrected chi connectivity index (χ0v) is 12.1. The van der Waals surface area contributed by atoms with Crippen LogP contribution in [0.2, 0.25) is 0 Å². The van der Waals surface area contributed by atoms with Gasteiger partial charge in [-0.2, -0.15) is 5.10 Å². The van der Waals surface area contributed by atoms with Gasteiger partial charge in [0.1, 0.15) is 6.10 Å². The lowest BCUT2D eigenvalue weighted by molar-refractivity contribution is 0.0244. The van der Waals surface area contributed by atoms with Crippen molar-refractivity contribution in [2.45, 2.75) is 18.9 Å². The number of hydrogen-bond acceptors (Lipinski definition) is 5. The maximum absolute atomic E-state index is 6.06. The highest BCUT2D eigenvalue weighted by Crippen LogP contribution is 2.27. The summed E-state index contributed by atoms with van der Waals surface area (Å²) in [5, 5.41) is 5.39. The van der Waals surface area contributed by atoms with Gasteiger partial charge in [0, 0.05) is 31.4 Å². The first-order valence-corrected chi connectivity index (χ1v) is 7.39. The Morgan fingerprint density at radius 1 is 1.09 bits per heavy atom. The van der Waals surface area contributed by atoms with Gasteiger partial charge in [-0.25, -0.2) is 9.67 Å². The van der Waals surface area contributed by atoms with Crippen LogP contribution in [0, 0.1) is 0 Å². The Bertz CT molecular complexity index is 766. The number of hydrogen-bond donors (Lipinski definition) is 0. The standard InChI is InChI=1S/C16H16N4O2/c1-6-17-7-2-12(1)20-15-3-8-18-16(14(15)11-19-20)22-13-4-9-21-10-5-13/h1-3,6-8,11,13H,4-5,9-10H2. The minimum Gasteiger partial charge on any atom is -0.474 e. The monoisotopic (exact) mass is 296 g/mol. The fourth-order valence-electron chi connectivity index (χ4n) is 2.66. The first-order chi connectivity index (χ1) is 10.9. The number of rotatable bonds is 3. The van der Waals surface area contributed by atoms with E-state index < -0.39 is 0 Å². The predicted molar refractivity (Wildman–Crippen MR) is 81.1 cm³/mol. The Labute approximate surface area is 127 Å². The van der Waals surface area contributed by atoms with E-state index in [2.05, 4.69) is 15.1 Å². The first kappa shape index (κ1) is 13.2. The number of ether oxygens (including phenoxy) is 2. The lowest BCUT2D eigenvalue weighted by atomic mass is 10.1. The molecule has 3 aromatic heterocycles. The Balaban J connectivity index is 1.70. The van der Waals surface area contributed by atoms with Crippen molar-refractivity contribution in [2.24, 2.45) is 0 Å². The fraction of sp³-hybridized carbons (Fsp3) is 0.312. The molecule has 1 aliphatic rings. The van der Waals surface area contributed by atoms with Crippen LogP contribution in [0.25, 0.3) is 16.6 Å². The molecule has 0 atom stereocenters. The lowest BCUT2D eigenvalue weighted by Crippen LogP contribution is -2.26. The van der Waals surface area contributed by atoms with Gasteiger partial charge in [0.05, 0.1) is 36.0 Å². The molecule has 0 amide bonds. The van der Waals surface area contributed by atoms with Gasteiger partial charge in [0.15, 0.2) is 0 Å². The van der Waals surface area contributed by atoms with E-state index in [-0.39, 0.29) is 6.10 Å².